The number of nitrogens with zero attached hydrogens (tertiary/aromatic N) is 1. The second-order valence-corrected chi connectivity index (χ2v) is 8.78. The average molecular weight is 460 g/mol. The number of cyclic esters (lactones) is 1. The Hall–Kier alpha value is -3.41. The maximum atomic E-state index is 13.8. The number of primary amides is 1. The topological polar surface area (TPSA) is 191 Å². The maximum Gasteiger partial charge on any atom is 0.348 e. The molecule has 0 saturated heterocycles. The number of aliphatic hydroxyl groups is 4. The van der Waals surface area contributed by atoms with E-state index in [1.165, 1.54) is 25.1 Å². The van der Waals surface area contributed by atoms with Crippen molar-refractivity contribution < 1.29 is 44.7 Å². The minimum absolute atomic E-state index is 0.0532. The van der Waals surface area contributed by atoms with Crippen LogP contribution in [0.15, 0.2) is 35.1 Å². The number of ketones is 1. The first-order valence-electron chi connectivity index (χ1n) is 10.2. The molecule has 0 spiro atoms. The monoisotopic (exact) mass is 460 g/mol. The highest BCUT2D eigenvalue weighted by Crippen LogP contribution is 2.55. The molecule has 0 bridgehead atoms. The molecule has 1 unspecified atom stereocenters. The Morgan fingerprint density at radius 2 is 1.82 bits per heavy atom. The van der Waals surface area contributed by atoms with Crippen LogP contribution in [0.25, 0.3) is 5.76 Å². The lowest BCUT2D eigenvalue weighted by atomic mass is 9.57. The van der Waals surface area contributed by atoms with Crippen LogP contribution < -0.4 is 5.73 Å². The summed E-state index contributed by atoms with van der Waals surface area (Å²) in [5.74, 6) is -9.84. The van der Waals surface area contributed by atoms with Crippen LogP contribution in [0.1, 0.15) is 24.0 Å². The Balaban J connectivity index is 2.07. The fourth-order valence-electron chi connectivity index (χ4n) is 5.30. The van der Waals surface area contributed by atoms with E-state index in [0.29, 0.717) is 5.56 Å². The molecule has 1 saturated carbocycles. The van der Waals surface area contributed by atoms with E-state index in [2.05, 4.69) is 0 Å². The number of fused-ring (bicyclic) bond motifs is 3. The van der Waals surface area contributed by atoms with Crippen molar-refractivity contribution in [2.24, 2.45) is 17.6 Å². The van der Waals surface area contributed by atoms with Crippen LogP contribution in [-0.4, -0.2) is 80.1 Å². The number of aliphatic hydroxyl groups excluding tert-OH is 3. The molecule has 11 heteroatoms. The molecule has 11 nitrogen and oxygen atoms in total. The van der Waals surface area contributed by atoms with Gasteiger partial charge in [0, 0.05) is 11.5 Å². The summed E-state index contributed by atoms with van der Waals surface area (Å²) in [6.45, 7) is 1.66. The summed E-state index contributed by atoms with van der Waals surface area (Å²) in [5.41, 5.74) is 0.978. The molecule has 1 fully saturated rings. The zero-order valence-corrected chi connectivity index (χ0v) is 18.0. The third kappa shape index (κ3) is 2.82. The fraction of sp³-hybridized carbons (Fsp3) is 0.409. The van der Waals surface area contributed by atoms with Gasteiger partial charge in [-0.1, -0.05) is 19.1 Å². The lowest BCUT2D eigenvalue weighted by molar-refractivity contribution is -0.193. The quantitative estimate of drug-likeness (QED) is 0.246. The van der Waals surface area contributed by atoms with Gasteiger partial charge in [0.25, 0.3) is 5.91 Å². The zero-order valence-electron chi connectivity index (χ0n) is 18.0. The van der Waals surface area contributed by atoms with Crippen molar-refractivity contribution in [3.8, 4) is 5.75 Å². The smallest absolute Gasteiger partial charge is 0.348 e. The largest absolute Gasteiger partial charge is 0.508 e. The molecule has 1 heterocycles. The molecular formula is C22H24N2O9. The van der Waals surface area contributed by atoms with Gasteiger partial charge in [-0.2, -0.15) is 0 Å². The van der Waals surface area contributed by atoms with Gasteiger partial charge in [-0.15, -0.1) is 0 Å². The highest BCUT2D eigenvalue weighted by atomic mass is 16.6. The van der Waals surface area contributed by atoms with Crippen LogP contribution in [-0.2, 0) is 19.1 Å². The second-order valence-electron chi connectivity index (χ2n) is 8.78. The fourth-order valence-corrected chi connectivity index (χ4v) is 5.30. The number of phenols is 1. The third-order valence-electron chi connectivity index (χ3n) is 6.83. The van der Waals surface area contributed by atoms with Gasteiger partial charge in [-0.05, 0) is 31.6 Å². The van der Waals surface area contributed by atoms with E-state index in [1.54, 1.807) is 19.1 Å². The Labute approximate surface area is 188 Å². The average Bonchev–Trinajstić information content (AvgIpc) is 2.82. The number of phenolic OH excluding ortho intramolecular Hbond substituents is 1. The number of amides is 1. The summed E-state index contributed by atoms with van der Waals surface area (Å²) in [6.07, 6.45) is -3.10. The molecule has 2 aliphatic carbocycles. The summed E-state index contributed by atoms with van der Waals surface area (Å²) in [4.78, 5) is 39.6. The van der Waals surface area contributed by atoms with Crippen LogP contribution >= 0.6 is 0 Å². The first kappa shape index (κ1) is 22.8. The van der Waals surface area contributed by atoms with E-state index >= 15 is 0 Å². The number of hydrogen-bond acceptors (Lipinski definition) is 10. The number of aromatic hydroxyl groups is 1. The summed E-state index contributed by atoms with van der Waals surface area (Å²) in [5, 5.41) is 55.2. The SMILES string of the molecule is C[C@H]1c2cccc(O)c2C(O)=C2C(=O)[C@]3(O)C(O)=C(C(N)=O)C(=O)OC(N(C)C)[C@@H]3[C@@H](O)[C@@H]21. The number of Topliss-reactive ketones (excluding diaryl/α,β-unsaturated/α-hetero) is 1. The summed E-state index contributed by atoms with van der Waals surface area (Å²) < 4.78 is 5.28. The van der Waals surface area contributed by atoms with Crippen molar-refractivity contribution >= 4 is 23.4 Å². The van der Waals surface area contributed by atoms with E-state index in [0.717, 1.165) is 0 Å². The number of esters is 1. The van der Waals surface area contributed by atoms with Crippen LogP contribution in [0.4, 0.5) is 0 Å². The molecular weight excluding hydrogens is 436 g/mol. The number of ether oxygens (including phenoxy) is 1. The van der Waals surface area contributed by atoms with Crippen molar-refractivity contribution in [3.05, 3.63) is 46.2 Å². The van der Waals surface area contributed by atoms with E-state index < -0.39 is 76.0 Å². The first-order valence-corrected chi connectivity index (χ1v) is 10.2. The first-order chi connectivity index (χ1) is 15.3. The lowest BCUT2D eigenvalue weighted by Gasteiger charge is -2.50. The molecule has 1 aliphatic heterocycles. The second kappa shape index (κ2) is 7.30. The molecule has 4 rings (SSSR count). The summed E-state index contributed by atoms with van der Waals surface area (Å²) in [7, 11) is 2.89. The van der Waals surface area contributed by atoms with Crippen molar-refractivity contribution in [2.75, 3.05) is 14.1 Å². The van der Waals surface area contributed by atoms with E-state index in [1.807, 2.05) is 0 Å². The third-order valence-corrected chi connectivity index (χ3v) is 6.83. The van der Waals surface area contributed by atoms with Gasteiger partial charge in [0.2, 0.25) is 5.78 Å². The maximum absolute atomic E-state index is 13.8. The van der Waals surface area contributed by atoms with Gasteiger partial charge in [0.1, 0.15) is 11.5 Å². The van der Waals surface area contributed by atoms with Crippen LogP contribution in [0.2, 0.25) is 0 Å². The van der Waals surface area contributed by atoms with E-state index in [-0.39, 0.29) is 11.3 Å². The van der Waals surface area contributed by atoms with Gasteiger partial charge in [0.15, 0.2) is 23.2 Å². The number of rotatable bonds is 2. The summed E-state index contributed by atoms with van der Waals surface area (Å²) in [6, 6.07) is 4.45. The van der Waals surface area contributed by atoms with Crippen molar-refractivity contribution in [2.45, 2.75) is 30.8 Å². The highest BCUT2D eigenvalue weighted by molar-refractivity contribution is 6.19. The van der Waals surface area contributed by atoms with Crippen LogP contribution in [0.3, 0.4) is 0 Å². The van der Waals surface area contributed by atoms with Gasteiger partial charge >= 0.3 is 5.97 Å². The van der Waals surface area contributed by atoms with Crippen molar-refractivity contribution in [1.82, 2.24) is 4.90 Å². The number of carbonyl (C=O) groups is 3. The molecule has 3 aliphatic rings. The number of hydrogen-bond donors (Lipinski definition) is 6. The van der Waals surface area contributed by atoms with Gasteiger partial charge in [-0.3, -0.25) is 14.5 Å². The normalized spacial score (nSPS) is 33.8. The number of carbonyl (C=O) groups excluding carboxylic acids is 3. The standard InChI is InChI=1S/C22H24N2O9/c1-7-8-5-4-6-9(25)11(8)15(26)12-10(7)16(27)14-20(24(2)3)33-21(31)13(19(23)30)18(29)22(14,32)17(12)28/h4-7,10,14,16,20,25-27,29,32H,1-3H3,(H2,23,30)/t7-,10+,14-,16-,20?,22-/m0/s1. The lowest BCUT2D eigenvalue weighted by Crippen LogP contribution is -2.66. The van der Waals surface area contributed by atoms with Crippen molar-refractivity contribution in [1.29, 1.82) is 0 Å². The Kier molecular flexibility index (Phi) is 5.04. The predicted molar refractivity (Wildman–Crippen MR) is 111 cm³/mol. The Morgan fingerprint density at radius 1 is 1.18 bits per heavy atom. The van der Waals surface area contributed by atoms with Crippen molar-refractivity contribution in [3.63, 3.8) is 0 Å². The van der Waals surface area contributed by atoms with Crippen LogP contribution in [0.5, 0.6) is 5.75 Å². The van der Waals surface area contributed by atoms with Gasteiger partial charge in [-0.25, -0.2) is 4.79 Å². The van der Waals surface area contributed by atoms with Gasteiger partial charge in [0.05, 0.1) is 17.6 Å². The molecule has 0 aromatic heterocycles. The number of benzene rings is 1. The van der Waals surface area contributed by atoms with E-state index in [9.17, 15) is 39.9 Å². The predicted octanol–water partition coefficient (Wildman–Crippen LogP) is -0.573. The molecule has 1 aromatic carbocycles. The number of nitrogens with two attached hydrogens (primary N) is 1. The molecule has 176 valence electrons. The molecule has 1 aromatic rings. The minimum atomic E-state index is -3.04. The molecule has 1 amide bonds. The Morgan fingerprint density at radius 3 is 2.39 bits per heavy atom. The minimum Gasteiger partial charge on any atom is -0.508 e. The highest BCUT2D eigenvalue weighted by Gasteiger charge is 2.67. The summed E-state index contributed by atoms with van der Waals surface area (Å²) >= 11 is 0. The van der Waals surface area contributed by atoms with Gasteiger partial charge < -0.3 is 36.0 Å². The Bertz CT molecular complexity index is 1150. The molecule has 6 atom stereocenters. The van der Waals surface area contributed by atoms with E-state index in [4.69, 9.17) is 10.5 Å². The molecule has 7 N–H and O–H groups in total. The zero-order chi connectivity index (χ0) is 24.6. The molecule has 0 radical (unpaired) electrons. The van der Waals surface area contributed by atoms with Crippen LogP contribution in [0, 0.1) is 11.8 Å². The molecule has 33 heavy (non-hydrogen) atoms.